The Hall–Kier alpha value is -0.600. The molecule has 0 spiro atoms. The highest BCUT2D eigenvalue weighted by Gasteiger charge is 2.53. The normalized spacial score (nSPS) is 53.0. The third-order valence-corrected chi connectivity index (χ3v) is 7.94. The van der Waals surface area contributed by atoms with Crippen LogP contribution in [0.5, 0.6) is 0 Å². The predicted octanol–water partition coefficient (Wildman–Crippen LogP) is -5.66. The van der Waals surface area contributed by atoms with Gasteiger partial charge in [-0.2, -0.15) is 0 Å². The van der Waals surface area contributed by atoms with Crippen molar-refractivity contribution in [3.63, 3.8) is 0 Å². The predicted molar refractivity (Wildman–Crippen MR) is 127 cm³/mol. The summed E-state index contributed by atoms with van der Waals surface area (Å²) in [5.74, 6) is 0. The van der Waals surface area contributed by atoms with Crippen molar-refractivity contribution in [2.45, 2.75) is 117 Å². The van der Waals surface area contributed by atoms with Gasteiger partial charge in [0.15, 0.2) is 18.9 Å². The van der Waals surface area contributed by atoms with Gasteiger partial charge in [-0.1, -0.05) is 0 Å². The van der Waals surface area contributed by atoms with E-state index >= 15 is 0 Å². The summed E-state index contributed by atoms with van der Waals surface area (Å²) in [6.45, 7) is -0.416. The summed E-state index contributed by atoms with van der Waals surface area (Å²) >= 11 is 0. The zero-order valence-electron chi connectivity index (χ0n) is 21.1. The lowest BCUT2D eigenvalue weighted by molar-refractivity contribution is -0.372. The lowest BCUT2D eigenvalue weighted by Gasteiger charge is -2.51. The van der Waals surface area contributed by atoms with Gasteiger partial charge in [-0.25, -0.2) is 0 Å². The Morgan fingerprint density at radius 3 is 2.08 bits per heavy atom. The fraction of sp³-hybridized carbons (Fsp3) is 1.00. The van der Waals surface area contributed by atoms with Crippen LogP contribution >= 0.6 is 0 Å². The fourth-order valence-electron chi connectivity index (χ4n) is 5.70. The highest BCUT2D eigenvalue weighted by Crippen LogP contribution is 2.35. The maximum absolute atomic E-state index is 11.2. The molecule has 4 rings (SSSR count). The number of ether oxygens (including phenoxy) is 5. The number of nitrogens with two attached hydrogens (primary N) is 3. The summed E-state index contributed by atoms with van der Waals surface area (Å²) < 4.78 is 29.8. The summed E-state index contributed by atoms with van der Waals surface area (Å²) in [6.07, 6.45) is -9.90. The van der Waals surface area contributed by atoms with Gasteiger partial charge in [0, 0.05) is 18.5 Å². The van der Waals surface area contributed by atoms with E-state index in [1.807, 2.05) is 0 Å². The zero-order valence-corrected chi connectivity index (χ0v) is 21.1. The van der Waals surface area contributed by atoms with Crippen LogP contribution in [-0.2, 0) is 23.7 Å². The Kier molecular flexibility index (Phi) is 9.75. The molecule has 0 bridgehead atoms. The topological polar surface area (TPSA) is 249 Å². The second kappa shape index (κ2) is 12.3. The molecule has 15 heteroatoms. The van der Waals surface area contributed by atoms with Gasteiger partial charge in [0.25, 0.3) is 0 Å². The van der Waals surface area contributed by atoms with E-state index in [4.69, 9.17) is 40.9 Å². The molecule has 1 aliphatic carbocycles. The van der Waals surface area contributed by atoms with E-state index in [0.717, 1.165) is 0 Å². The van der Waals surface area contributed by atoms with Crippen molar-refractivity contribution < 1.29 is 49.2 Å². The lowest BCUT2D eigenvalue weighted by Crippen LogP contribution is -2.70. The first kappa shape index (κ1) is 29.4. The number of nitrogens with one attached hydrogen (secondary N) is 2. The first-order chi connectivity index (χ1) is 17.6. The monoisotopic (exact) mass is 537 g/mol. The average molecular weight is 538 g/mol. The number of likely N-dealkylation sites (N-methyl/N-ethyl adjacent to an activating group) is 2. The van der Waals surface area contributed by atoms with Crippen molar-refractivity contribution in [3.8, 4) is 0 Å². The minimum absolute atomic E-state index is 0.246. The molecule has 37 heavy (non-hydrogen) atoms. The van der Waals surface area contributed by atoms with E-state index in [1.54, 1.807) is 14.1 Å². The number of rotatable bonds is 7. The van der Waals surface area contributed by atoms with E-state index < -0.39 is 105 Å². The lowest BCUT2D eigenvalue weighted by atomic mass is 9.87. The Bertz CT molecular complexity index is 740. The fourth-order valence-corrected chi connectivity index (χ4v) is 5.70. The molecule has 0 aromatic carbocycles. The van der Waals surface area contributed by atoms with Crippen LogP contribution in [0, 0.1) is 0 Å². The van der Waals surface area contributed by atoms with Crippen molar-refractivity contribution in [2.75, 3.05) is 20.7 Å². The second-order valence-corrected chi connectivity index (χ2v) is 10.4. The highest BCUT2D eigenvalue weighted by atomic mass is 16.8. The van der Waals surface area contributed by atoms with Crippen LogP contribution in [-0.4, -0.2) is 144 Å². The van der Waals surface area contributed by atoms with Gasteiger partial charge in [-0.15, -0.1) is 0 Å². The van der Waals surface area contributed by atoms with Crippen LogP contribution in [0.2, 0.25) is 0 Å². The molecule has 3 aliphatic heterocycles. The molecule has 4 aliphatic rings. The second-order valence-electron chi connectivity index (χ2n) is 10.4. The molecule has 0 aromatic heterocycles. The van der Waals surface area contributed by atoms with E-state index in [9.17, 15) is 25.5 Å². The molecule has 3 saturated heterocycles. The van der Waals surface area contributed by atoms with E-state index in [2.05, 4.69) is 10.6 Å². The van der Waals surface area contributed by atoms with Gasteiger partial charge >= 0.3 is 0 Å². The van der Waals surface area contributed by atoms with Crippen LogP contribution in [0.3, 0.4) is 0 Å². The summed E-state index contributed by atoms with van der Waals surface area (Å²) in [4.78, 5) is 0. The molecule has 216 valence electrons. The molecule has 3 heterocycles. The minimum atomic E-state index is -1.44. The van der Waals surface area contributed by atoms with Crippen LogP contribution in [0.1, 0.15) is 19.3 Å². The maximum Gasteiger partial charge on any atom is 0.189 e. The van der Waals surface area contributed by atoms with Crippen molar-refractivity contribution in [2.24, 2.45) is 17.2 Å². The van der Waals surface area contributed by atoms with Crippen molar-refractivity contribution in [1.29, 1.82) is 0 Å². The Balaban J connectivity index is 1.42. The molecule has 9 unspecified atom stereocenters. The van der Waals surface area contributed by atoms with E-state index in [0.29, 0.717) is 6.42 Å². The number of hydrogen-bond donors (Lipinski definition) is 10. The molecule has 13 N–H and O–H groups in total. The molecular formula is C22H43N5O10. The molecule has 0 amide bonds. The zero-order chi connectivity index (χ0) is 27.0. The van der Waals surface area contributed by atoms with Crippen LogP contribution in [0.15, 0.2) is 0 Å². The molecule has 16 atom stereocenters. The van der Waals surface area contributed by atoms with Crippen LogP contribution in [0.4, 0.5) is 0 Å². The number of fused-ring (bicyclic) bond motifs is 1. The standard InChI is InChI=1S/C22H43N5O10/c1-26-14-13(6-28)35-22(18(32)16(14)30)37-21-15(27-2)17(31)19-12(34-21)4-9(25)20(36-19)33-11-5-10(29)7(23)3-8(11)24/h7-22,26-32H,3-6,23-25H2,1-2H3/t7-,8?,9?,10?,11+,12+,13?,14-,15?,16+,17?,18?,19?,20+,21?,22-/m1/s1. The Labute approximate surface area is 215 Å². The Morgan fingerprint density at radius 1 is 0.730 bits per heavy atom. The van der Waals surface area contributed by atoms with Gasteiger partial charge in [-0.3, -0.25) is 0 Å². The highest BCUT2D eigenvalue weighted by molar-refractivity contribution is 5.00. The molecule has 0 radical (unpaired) electrons. The van der Waals surface area contributed by atoms with E-state index in [-0.39, 0.29) is 12.8 Å². The summed E-state index contributed by atoms with van der Waals surface area (Å²) in [5, 5.41) is 57.8. The smallest absolute Gasteiger partial charge is 0.189 e. The quantitative estimate of drug-likeness (QED) is 0.145. The third-order valence-electron chi connectivity index (χ3n) is 7.94. The SMILES string of the molecule is CNC1C(O[C@H]2OC(CO)[C@@H](NC)[C@H](O)C2O)O[C@H]2CC(N)[C@@H](O[C@H]3CC(O)[C@H](N)CC3N)OC2C1O. The molecule has 1 saturated carbocycles. The summed E-state index contributed by atoms with van der Waals surface area (Å²) in [7, 11) is 3.18. The van der Waals surface area contributed by atoms with Crippen molar-refractivity contribution >= 4 is 0 Å². The Morgan fingerprint density at radius 2 is 1.43 bits per heavy atom. The van der Waals surface area contributed by atoms with E-state index in [1.165, 1.54) is 0 Å². The van der Waals surface area contributed by atoms with Gasteiger partial charge < -0.3 is 77.1 Å². The summed E-state index contributed by atoms with van der Waals surface area (Å²) in [6, 6.07) is -2.97. The third kappa shape index (κ3) is 5.96. The number of aliphatic hydroxyl groups is 5. The van der Waals surface area contributed by atoms with Crippen molar-refractivity contribution in [3.05, 3.63) is 0 Å². The number of aliphatic hydroxyl groups excluding tert-OH is 5. The van der Waals surface area contributed by atoms with Gasteiger partial charge in [-0.05, 0) is 26.9 Å². The van der Waals surface area contributed by atoms with Crippen LogP contribution in [0.25, 0.3) is 0 Å². The molecule has 4 fully saturated rings. The first-order valence-corrected chi connectivity index (χ1v) is 12.8. The molecular weight excluding hydrogens is 494 g/mol. The average Bonchev–Trinajstić information content (AvgIpc) is 2.86. The van der Waals surface area contributed by atoms with Gasteiger partial charge in [0.2, 0.25) is 0 Å². The minimum Gasteiger partial charge on any atom is -0.394 e. The van der Waals surface area contributed by atoms with Crippen LogP contribution < -0.4 is 27.8 Å². The summed E-state index contributed by atoms with van der Waals surface area (Å²) in [5.41, 5.74) is 18.4. The van der Waals surface area contributed by atoms with Crippen molar-refractivity contribution in [1.82, 2.24) is 10.6 Å². The van der Waals surface area contributed by atoms with Gasteiger partial charge in [0.1, 0.15) is 30.5 Å². The van der Waals surface area contributed by atoms with Gasteiger partial charge in [0.05, 0.1) is 43.0 Å². The molecule has 0 aromatic rings. The first-order valence-electron chi connectivity index (χ1n) is 12.8. The number of hydrogen-bond acceptors (Lipinski definition) is 15. The molecule has 15 nitrogen and oxygen atoms in total. The largest absolute Gasteiger partial charge is 0.394 e. The maximum atomic E-state index is 11.2.